The van der Waals surface area contributed by atoms with Crippen molar-refractivity contribution in [3.8, 4) is 5.75 Å². The highest BCUT2D eigenvalue weighted by molar-refractivity contribution is 5.84. The third kappa shape index (κ3) is 3.00. The van der Waals surface area contributed by atoms with Gasteiger partial charge in [0.2, 0.25) is 0 Å². The van der Waals surface area contributed by atoms with Crippen LogP contribution in [-0.2, 0) is 9.47 Å². The summed E-state index contributed by atoms with van der Waals surface area (Å²) in [6.07, 6.45) is 1.43. The quantitative estimate of drug-likeness (QED) is 0.821. The molecule has 1 fully saturated rings. The second-order valence-electron chi connectivity index (χ2n) is 5.11. The number of aliphatic hydroxyl groups is 1. The molecule has 2 aromatic rings. The lowest BCUT2D eigenvalue weighted by Crippen LogP contribution is -2.55. The third-order valence-corrected chi connectivity index (χ3v) is 3.70. The zero-order valence-electron chi connectivity index (χ0n) is 11.9. The van der Waals surface area contributed by atoms with Gasteiger partial charge in [0.1, 0.15) is 18.0 Å². The number of aromatic nitrogens is 1. The first kappa shape index (κ1) is 14.3. The molecule has 5 nitrogen and oxygen atoms in total. The summed E-state index contributed by atoms with van der Waals surface area (Å²) in [5.41, 5.74) is 0.895. The van der Waals surface area contributed by atoms with Crippen LogP contribution in [0.4, 0.5) is 0 Å². The molecule has 3 rings (SSSR count). The fourth-order valence-electron chi connectivity index (χ4n) is 2.50. The largest absolute Gasteiger partial charge is 0.487 e. The second-order valence-corrected chi connectivity index (χ2v) is 5.11. The Morgan fingerprint density at radius 1 is 1.24 bits per heavy atom. The fourth-order valence-corrected chi connectivity index (χ4v) is 2.50. The Hall–Kier alpha value is -1.69. The molecule has 1 aliphatic carbocycles. The number of methoxy groups -OCH3 is 1. The summed E-state index contributed by atoms with van der Waals surface area (Å²) >= 11 is 0. The highest BCUT2D eigenvalue weighted by atomic mass is 16.6. The van der Waals surface area contributed by atoms with E-state index in [0.29, 0.717) is 19.6 Å². The second kappa shape index (κ2) is 6.39. The summed E-state index contributed by atoms with van der Waals surface area (Å²) in [5, 5.41) is 10.8. The maximum Gasteiger partial charge on any atom is 0.130 e. The lowest BCUT2D eigenvalue weighted by Gasteiger charge is -2.40. The van der Waals surface area contributed by atoms with Gasteiger partial charge in [-0.25, -0.2) is 0 Å². The van der Waals surface area contributed by atoms with Crippen molar-refractivity contribution in [3.05, 3.63) is 36.5 Å². The number of aliphatic hydroxyl groups excluding tert-OH is 1. The van der Waals surface area contributed by atoms with Gasteiger partial charge in [0.05, 0.1) is 24.8 Å². The van der Waals surface area contributed by atoms with E-state index in [1.165, 1.54) is 0 Å². The lowest BCUT2D eigenvalue weighted by molar-refractivity contribution is -0.166. The van der Waals surface area contributed by atoms with E-state index in [1.807, 2.05) is 30.3 Å². The molecule has 1 aliphatic rings. The number of hydrogen-bond acceptors (Lipinski definition) is 5. The van der Waals surface area contributed by atoms with E-state index in [1.54, 1.807) is 13.3 Å². The van der Waals surface area contributed by atoms with E-state index in [4.69, 9.17) is 14.2 Å². The zero-order valence-corrected chi connectivity index (χ0v) is 11.9. The summed E-state index contributed by atoms with van der Waals surface area (Å²) in [7, 11) is 1.62. The molecular weight excluding hydrogens is 270 g/mol. The summed E-state index contributed by atoms with van der Waals surface area (Å²) in [6.45, 7) is 0.962. The first-order valence-corrected chi connectivity index (χ1v) is 7.08. The molecule has 1 saturated carbocycles. The molecule has 1 N–H and O–H groups in total. The standard InChI is InChI=1S/C16H19NO4/c1-19-8-9-20-16-13(18)10-15(16)21-14-6-2-5-12-11(14)4-3-7-17-12/h2-7,13,15-16,18H,8-10H2,1H3. The van der Waals surface area contributed by atoms with E-state index < -0.39 is 6.10 Å². The Kier molecular flexibility index (Phi) is 4.34. The van der Waals surface area contributed by atoms with Crippen LogP contribution in [0.25, 0.3) is 10.9 Å². The number of pyridine rings is 1. The average molecular weight is 289 g/mol. The maximum atomic E-state index is 9.81. The zero-order chi connectivity index (χ0) is 14.7. The Morgan fingerprint density at radius 3 is 2.95 bits per heavy atom. The molecule has 0 amide bonds. The van der Waals surface area contributed by atoms with Gasteiger partial charge in [-0.1, -0.05) is 6.07 Å². The minimum Gasteiger partial charge on any atom is -0.487 e. The van der Waals surface area contributed by atoms with Crippen LogP contribution in [0.2, 0.25) is 0 Å². The van der Waals surface area contributed by atoms with Gasteiger partial charge in [-0.15, -0.1) is 0 Å². The van der Waals surface area contributed by atoms with Crippen molar-refractivity contribution < 1.29 is 19.3 Å². The smallest absolute Gasteiger partial charge is 0.130 e. The first-order valence-electron chi connectivity index (χ1n) is 7.08. The molecular formula is C16H19NO4. The fraction of sp³-hybridized carbons (Fsp3) is 0.438. The van der Waals surface area contributed by atoms with Crippen molar-refractivity contribution in [3.63, 3.8) is 0 Å². The van der Waals surface area contributed by atoms with Gasteiger partial charge in [0.15, 0.2) is 0 Å². The van der Waals surface area contributed by atoms with Crippen LogP contribution in [-0.4, -0.2) is 48.7 Å². The van der Waals surface area contributed by atoms with Gasteiger partial charge < -0.3 is 19.3 Å². The molecule has 0 spiro atoms. The summed E-state index contributed by atoms with van der Waals surface area (Å²) in [5.74, 6) is 0.776. The molecule has 21 heavy (non-hydrogen) atoms. The minimum absolute atomic E-state index is 0.136. The SMILES string of the molecule is COCCOC1C(O)CC1Oc1cccc2ncccc12. The molecule has 0 saturated heterocycles. The molecule has 0 bridgehead atoms. The number of rotatable bonds is 6. The van der Waals surface area contributed by atoms with E-state index in [-0.39, 0.29) is 12.2 Å². The number of fused-ring (bicyclic) bond motifs is 1. The third-order valence-electron chi connectivity index (χ3n) is 3.70. The van der Waals surface area contributed by atoms with Crippen LogP contribution in [0.5, 0.6) is 5.75 Å². The van der Waals surface area contributed by atoms with Gasteiger partial charge in [0.25, 0.3) is 0 Å². The van der Waals surface area contributed by atoms with Crippen molar-refractivity contribution in [2.75, 3.05) is 20.3 Å². The molecule has 0 radical (unpaired) electrons. The molecule has 1 aromatic carbocycles. The summed E-state index contributed by atoms with van der Waals surface area (Å²) in [4.78, 5) is 4.31. The van der Waals surface area contributed by atoms with Crippen LogP contribution >= 0.6 is 0 Å². The van der Waals surface area contributed by atoms with Crippen molar-refractivity contribution in [2.45, 2.75) is 24.7 Å². The minimum atomic E-state index is -0.472. The van der Waals surface area contributed by atoms with Gasteiger partial charge >= 0.3 is 0 Å². The van der Waals surface area contributed by atoms with E-state index >= 15 is 0 Å². The maximum absolute atomic E-state index is 9.81. The van der Waals surface area contributed by atoms with Crippen LogP contribution in [0, 0.1) is 0 Å². The van der Waals surface area contributed by atoms with Crippen molar-refractivity contribution in [1.29, 1.82) is 0 Å². The van der Waals surface area contributed by atoms with E-state index in [0.717, 1.165) is 16.7 Å². The first-order chi connectivity index (χ1) is 10.3. The van der Waals surface area contributed by atoms with Gasteiger partial charge in [-0.2, -0.15) is 0 Å². The van der Waals surface area contributed by atoms with Crippen LogP contribution in [0.15, 0.2) is 36.5 Å². The number of hydrogen-bond donors (Lipinski definition) is 1. The molecule has 3 atom stereocenters. The number of ether oxygens (including phenoxy) is 3. The Labute approximate surface area is 123 Å². The molecule has 0 aliphatic heterocycles. The summed E-state index contributed by atoms with van der Waals surface area (Å²) in [6, 6.07) is 9.65. The average Bonchev–Trinajstić information content (AvgIpc) is 2.51. The molecule has 3 unspecified atom stereocenters. The number of benzene rings is 1. The molecule has 1 aromatic heterocycles. The Balaban J connectivity index is 1.70. The predicted octanol–water partition coefficient (Wildman–Crippen LogP) is 1.78. The topological polar surface area (TPSA) is 60.8 Å². The van der Waals surface area contributed by atoms with Crippen molar-refractivity contribution >= 4 is 10.9 Å². The normalized spacial score (nSPS) is 24.8. The van der Waals surface area contributed by atoms with Crippen molar-refractivity contribution in [1.82, 2.24) is 4.98 Å². The van der Waals surface area contributed by atoms with Gasteiger partial charge in [0, 0.05) is 25.1 Å². The number of nitrogens with zero attached hydrogens (tertiary/aromatic N) is 1. The van der Waals surface area contributed by atoms with Gasteiger partial charge in [-0.3, -0.25) is 4.98 Å². The van der Waals surface area contributed by atoms with Crippen LogP contribution < -0.4 is 4.74 Å². The lowest BCUT2D eigenvalue weighted by atomic mass is 9.88. The molecule has 1 heterocycles. The predicted molar refractivity (Wildman–Crippen MR) is 78.4 cm³/mol. The van der Waals surface area contributed by atoms with Crippen LogP contribution in [0.3, 0.4) is 0 Å². The van der Waals surface area contributed by atoms with E-state index in [2.05, 4.69) is 4.98 Å². The molecule has 112 valence electrons. The monoisotopic (exact) mass is 289 g/mol. The molecule has 5 heteroatoms. The summed E-state index contributed by atoms with van der Waals surface area (Å²) < 4.78 is 16.6. The van der Waals surface area contributed by atoms with Gasteiger partial charge in [-0.05, 0) is 24.3 Å². The van der Waals surface area contributed by atoms with Crippen molar-refractivity contribution in [2.24, 2.45) is 0 Å². The Bertz CT molecular complexity index is 598. The highest BCUT2D eigenvalue weighted by Gasteiger charge is 2.43. The van der Waals surface area contributed by atoms with E-state index in [9.17, 15) is 5.11 Å². The Morgan fingerprint density at radius 2 is 2.14 bits per heavy atom. The highest BCUT2D eigenvalue weighted by Crippen LogP contribution is 2.32. The van der Waals surface area contributed by atoms with Crippen LogP contribution in [0.1, 0.15) is 6.42 Å².